The first-order valence-electron chi connectivity index (χ1n) is 10.7. The predicted molar refractivity (Wildman–Crippen MR) is 127 cm³/mol. The first-order chi connectivity index (χ1) is 16.1. The highest BCUT2D eigenvalue weighted by Gasteiger charge is 2.19. The minimum atomic E-state index is -0.281. The van der Waals surface area contributed by atoms with Crippen molar-refractivity contribution in [3.05, 3.63) is 66.5 Å². The van der Waals surface area contributed by atoms with Gasteiger partial charge in [-0.2, -0.15) is 20.1 Å². The van der Waals surface area contributed by atoms with Gasteiger partial charge in [0.1, 0.15) is 5.82 Å². The molecule has 0 radical (unpaired) electrons. The Kier molecular flexibility index (Phi) is 5.81. The van der Waals surface area contributed by atoms with Crippen molar-refractivity contribution in [2.75, 3.05) is 48.8 Å². The molecule has 9 nitrogen and oxygen atoms in total. The highest BCUT2D eigenvalue weighted by Crippen LogP contribution is 2.23. The zero-order chi connectivity index (χ0) is 22.6. The average Bonchev–Trinajstić information content (AvgIpc) is 3.29. The van der Waals surface area contributed by atoms with Crippen LogP contribution in [-0.4, -0.2) is 63.3 Å². The fourth-order valence-corrected chi connectivity index (χ4v) is 3.55. The van der Waals surface area contributed by atoms with E-state index < -0.39 is 0 Å². The van der Waals surface area contributed by atoms with Gasteiger partial charge in [-0.3, -0.25) is 5.10 Å². The van der Waals surface area contributed by atoms with Crippen LogP contribution in [0.1, 0.15) is 0 Å². The van der Waals surface area contributed by atoms with E-state index in [0.29, 0.717) is 23.7 Å². The van der Waals surface area contributed by atoms with Gasteiger partial charge in [-0.25, -0.2) is 4.39 Å². The van der Waals surface area contributed by atoms with Crippen molar-refractivity contribution in [1.29, 1.82) is 0 Å². The molecular formula is C23H24FN9. The van der Waals surface area contributed by atoms with Crippen LogP contribution in [-0.2, 0) is 0 Å². The highest BCUT2D eigenvalue weighted by atomic mass is 19.1. The van der Waals surface area contributed by atoms with E-state index in [1.165, 1.54) is 12.1 Å². The number of piperazine rings is 1. The summed E-state index contributed by atoms with van der Waals surface area (Å²) < 4.78 is 13.2. The summed E-state index contributed by atoms with van der Waals surface area (Å²) in [7, 11) is 2.11. The number of para-hydroxylation sites is 1. The molecule has 0 spiro atoms. The van der Waals surface area contributed by atoms with Gasteiger partial charge in [0.05, 0.1) is 5.69 Å². The second-order valence-corrected chi connectivity index (χ2v) is 7.86. The average molecular weight is 446 g/mol. The molecule has 10 heteroatoms. The lowest BCUT2D eigenvalue weighted by atomic mass is 10.1. The normalized spacial score (nSPS) is 14.3. The quantitative estimate of drug-likeness (QED) is 0.414. The van der Waals surface area contributed by atoms with E-state index in [2.05, 4.69) is 52.6 Å². The van der Waals surface area contributed by atoms with Gasteiger partial charge < -0.3 is 20.4 Å². The maximum absolute atomic E-state index is 13.2. The number of halogens is 1. The Hall–Kier alpha value is -4.05. The van der Waals surface area contributed by atoms with E-state index in [1.807, 2.05) is 36.4 Å². The zero-order valence-corrected chi connectivity index (χ0v) is 18.2. The lowest BCUT2D eigenvalue weighted by Gasteiger charge is -2.32. The Labute approximate surface area is 190 Å². The summed E-state index contributed by atoms with van der Waals surface area (Å²) in [6.07, 6.45) is 0. The number of benzene rings is 2. The van der Waals surface area contributed by atoms with Gasteiger partial charge in [0, 0.05) is 37.9 Å². The largest absolute Gasteiger partial charge is 0.338 e. The summed E-state index contributed by atoms with van der Waals surface area (Å²) in [6.45, 7) is 3.55. The van der Waals surface area contributed by atoms with Gasteiger partial charge in [-0.05, 0) is 49.0 Å². The van der Waals surface area contributed by atoms with Crippen molar-refractivity contribution in [1.82, 2.24) is 30.0 Å². The summed E-state index contributed by atoms with van der Waals surface area (Å²) in [4.78, 5) is 18.3. The Morgan fingerprint density at radius 1 is 0.848 bits per heavy atom. The maximum Gasteiger partial charge on any atom is 0.235 e. The minimum Gasteiger partial charge on any atom is -0.338 e. The van der Waals surface area contributed by atoms with Gasteiger partial charge in [-0.15, -0.1) is 0 Å². The third-order valence-corrected chi connectivity index (χ3v) is 5.41. The molecule has 1 saturated heterocycles. The Morgan fingerprint density at radius 2 is 1.55 bits per heavy atom. The molecule has 33 heavy (non-hydrogen) atoms. The van der Waals surface area contributed by atoms with Crippen molar-refractivity contribution in [2.24, 2.45) is 0 Å². The summed E-state index contributed by atoms with van der Waals surface area (Å²) >= 11 is 0. The molecule has 0 bridgehead atoms. The predicted octanol–water partition coefficient (Wildman–Crippen LogP) is 3.64. The first kappa shape index (κ1) is 20.8. The Bertz CT molecular complexity index is 1200. The molecule has 0 aliphatic carbocycles. The summed E-state index contributed by atoms with van der Waals surface area (Å²) in [5, 5.41) is 13.7. The number of anilines is 5. The van der Waals surface area contributed by atoms with Crippen LogP contribution in [0.3, 0.4) is 0 Å². The van der Waals surface area contributed by atoms with Crippen LogP contribution in [0.25, 0.3) is 11.3 Å². The molecule has 4 aromatic rings. The number of hydrogen-bond acceptors (Lipinski definition) is 8. The van der Waals surface area contributed by atoms with Crippen molar-refractivity contribution in [3.63, 3.8) is 0 Å². The second-order valence-electron chi connectivity index (χ2n) is 7.86. The molecule has 2 aromatic heterocycles. The molecule has 0 atom stereocenters. The molecule has 0 amide bonds. The number of H-pyrrole nitrogens is 1. The van der Waals surface area contributed by atoms with E-state index >= 15 is 0 Å². The number of likely N-dealkylation sites (N-methyl/N-ethyl adjacent to an activating group) is 1. The molecule has 0 unspecified atom stereocenters. The van der Waals surface area contributed by atoms with Gasteiger partial charge in [-0.1, -0.05) is 18.2 Å². The monoisotopic (exact) mass is 445 g/mol. The van der Waals surface area contributed by atoms with Crippen LogP contribution in [0, 0.1) is 5.82 Å². The molecule has 5 rings (SSSR count). The summed E-state index contributed by atoms with van der Waals surface area (Å²) in [6, 6.07) is 17.8. The maximum atomic E-state index is 13.2. The summed E-state index contributed by atoms with van der Waals surface area (Å²) in [5.74, 6) is 1.71. The first-order valence-corrected chi connectivity index (χ1v) is 10.7. The van der Waals surface area contributed by atoms with E-state index in [1.54, 1.807) is 12.1 Å². The number of rotatable bonds is 6. The van der Waals surface area contributed by atoms with Crippen molar-refractivity contribution < 1.29 is 4.39 Å². The van der Waals surface area contributed by atoms with Gasteiger partial charge in [0.15, 0.2) is 5.82 Å². The minimum absolute atomic E-state index is 0.281. The second kappa shape index (κ2) is 9.21. The van der Waals surface area contributed by atoms with Crippen LogP contribution in [0.15, 0.2) is 60.7 Å². The standard InChI is InChI=1S/C23H24FN9/c1-32-11-13-33(14-12-32)23-28-21(25-18-5-3-2-4-6-18)27-22(29-23)26-20-15-19(30-31-20)16-7-9-17(24)10-8-16/h2-10,15H,11-14H2,1H3,(H3,25,26,27,28,29,30,31). The van der Waals surface area contributed by atoms with Gasteiger partial charge in [0.25, 0.3) is 0 Å². The molecule has 2 aromatic carbocycles. The number of hydrogen-bond donors (Lipinski definition) is 3. The third kappa shape index (κ3) is 5.07. The van der Waals surface area contributed by atoms with E-state index in [-0.39, 0.29) is 5.82 Å². The molecule has 1 fully saturated rings. The number of aromatic nitrogens is 5. The molecule has 168 valence electrons. The third-order valence-electron chi connectivity index (χ3n) is 5.41. The number of aromatic amines is 1. The highest BCUT2D eigenvalue weighted by molar-refractivity contribution is 5.65. The lowest BCUT2D eigenvalue weighted by Crippen LogP contribution is -2.45. The van der Waals surface area contributed by atoms with E-state index in [4.69, 9.17) is 0 Å². The fourth-order valence-electron chi connectivity index (χ4n) is 3.55. The van der Waals surface area contributed by atoms with Crippen molar-refractivity contribution in [3.8, 4) is 11.3 Å². The van der Waals surface area contributed by atoms with Crippen LogP contribution < -0.4 is 15.5 Å². The number of nitrogens with zero attached hydrogens (tertiary/aromatic N) is 6. The zero-order valence-electron chi connectivity index (χ0n) is 18.2. The Morgan fingerprint density at radius 3 is 2.27 bits per heavy atom. The van der Waals surface area contributed by atoms with Gasteiger partial charge in [0.2, 0.25) is 17.8 Å². The fraction of sp³-hybridized carbons (Fsp3) is 0.217. The van der Waals surface area contributed by atoms with Gasteiger partial charge >= 0.3 is 0 Å². The molecule has 1 aliphatic rings. The van der Waals surface area contributed by atoms with Crippen LogP contribution in [0.5, 0.6) is 0 Å². The van der Waals surface area contributed by atoms with E-state index in [0.717, 1.165) is 43.1 Å². The number of nitrogens with one attached hydrogen (secondary N) is 3. The molecule has 1 aliphatic heterocycles. The molecule has 3 heterocycles. The molecular weight excluding hydrogens is 421 g/mol. The van der Waals surface area contributed by atoms with Crippen LogP contribution in [0.4, 0.5) is 33.7 Å². The lowest BCUT2D eigenvalue weighted by molar-refractivity contribution is 0.311. The van der Waals surface area contributed by atoms with Crippen LogP contribution >= 0.6 is 0 Å². The van der Waals surface area contributed by atoms with Crippen molar-refractivity contribution in [2.45, 2.75) is 0 Å². The van der Waals surface area contributed by atoms with E-state index in [9.17, 15) is 4.39 Å². The Balaban J connectivity index is 1.41. The smallest absolute Gasteiger partial charge is 0.235 e. The topological polar surface area (TPSA) is 97.9 Å². The molecule has 0 saturated carbocycles. The SMILES string of the molecule is CN1CCN(c2nc(Nc3ccccc3)nc(Nc3cc(-c4ccc(F)cc4)[nH]n3)n2)CC1. The van der Waals surface area contributed by atoms with Crippen molar-refractivity contribution >= 4 is 29.4 Å². The molecule has 3 N–H and O–H groups in total. The van der Waals surface area contributed by atoms with Crippen LogP contribution in [0.2, 0.25) is 0 Å². The summed E-state index contributed by atoms with van der Waals surface area (Å²) in [5.41, 5.74) is 2.47.